The molecule has 5 N–H and O–H groups in total. The number of nitrogens with one attached hydrogen (secondary N) is 3. The number of benzene rings is 2. The third kappa shape index (κ3) is 28.8. The number of carbonyl (C=O) groups excluding carboxylic acids is 2. The topological polar surface area (TPSA) is 332 Å². The second-order valence-corrected chi connectivity index (χ2v) is 19.3. The summed E-state index contributed by atoms with van der Waals surface area (Å²) >= 11 is 4.55. The molecule has 25 nitrogen and oxygen atoms in total. The first-order chi connectivity index (χ1) is 44.0. The average Bonchev–Trinajstić information content (AvgIpc) is 1.86. The van der Waals surface area contributed by atoms with Gasteiger partial charge in [-0.3, -0.25) is 23.1 Å². The van der Waals surface area contributed by atoms with E-state index >= 15 is 0 Å². The fraction of sp³-hybridized carbons (Fsp3) is 0.238. The molecule has 2 aromatic carbocycles. The summed E-state index contributed by atoms with van der Waals surface area (Å²) in [4.78, 5) is 43.0. The van der Waals surface area contributed by atoms with Crippen LogP contribution in [0.4, 0.5) is 117 Å². The summed E-state index contributed by atoms with van der Waals surface area (Å²) in [6.07, 6.45) is 7.80. The predicted molar refractivity (Wildman–Crippen MR) is 281 cm³/mol. The summed E-state index contributed by atoms with van der Waals surface area (Å²) in [5.41, 5.74) is 12.4. The van der Waals surface area contributed by atoms with E-state index in [1.54, 1.807) is 33.3 Å². The molecule has 93 heavy (non-hydrogen) atoms. The molecule has 2 fully saturated rings. The number of amides is 2. The van der Waals surface area contributed by atoms with Crippen LogP contribution in [0.25, 0.3) is 34.1 Å². The van der Waals surface area contributed by atoms with Gasteiger partial charge in [0.25, 0.3) is 22.0 Å². The molecule has 526 valence electrons. The number of aromatic nitrogens is 8. The molecule has 0 atom stereocenters. The van der Waals surface area contributed by atoms with E-state index in [9.17, 15) is 26.4 Å². The maximum atomic E-state index is 12.9. The van der Waals surface area contributed by atoms with Crippen molar-refractivity contribution in [2.45, 2.75) is 33.1 Å². The summed E-state index contributed by atoms with van der Waals surface area (Å²) in [7, 11) is -6.92. The number of fused-ring (bicyclic) bond motifs is 2. The van der Waals surface area contributed by atoms with Gasteiger partial charge in [-0.1, -0.05) is 58.8 Å². The Morgan fingerprint density at radius 1 is 0.581 bits per heavy atom. The molecule has 0 bridgehead atoms. The molecular weight excluding hydrogens is 1410 g/mol. The van der Waals surface area contributed by atoms with Crippen LogP contribution in [0.5, 0.6) is 0 Å². The lowest BCUT2D eigenvalue weighted by Crippen LogP contribution is -2.51. The summed E-state index contributed by atoms with van der Waals surface area (Å²) in [6.45, 7) is 4.84. The number of anilines is 2. The number of nitrogens with zero attached hydrogens (tertiary/aromatic N) is 13. The van der Waals surface area contributed by atoms with E-state index in [1.807, 2.05) is 74.5 Å². The number of imidazole rings is 2. The van der Waals surface area contributed by atoms with Crippen molar-refractivity contribution in [3.8, 4) is 22.8 Å². The van der Waals surface area contributed by atoms with Crippen LogP contribution in [0.15, 0.2) is 122 Å². The smallest absolute Gasteiger partial charge is 0.276 e. The Bertz CT molecular complexity index is 3330. The molecule has 0 radical (unpaired) electrons. The second-order valence-electron chi connectivity index (χ2n) is 15.6. The van der Waals surface area contributed by atoms with E-state index < -0.39 is 20.2 Å². The van der Waals surface area contributed by atoms with Gasteiger partial charge in [-0.05, 0) is 71.8 Å². The number of pyridine rings is 2. The van der Waals surface area contributed by atoms with Gasteiger partial charge in [0.2, 0.25) is 33.5 Å². The van der Waals surface area contributed by atoms with Crippen LogP contribution in [-0.4, -0.2) is 109 Å². The van der Waals surface area contributed by atoms with Crippen molar-refractivity contribution in [3.05, 3.63) is 132 Å². The van der Waals surface area contributed by atoms with Crippen molar-refractivity contribution >= 4 is 66.5 Å². The largest absolute Gasteiger partial charge is 0.339 e. The summed E-state index contributed by atoms with van der Waals surface area (Å²) in [5, 5.41) is 24.1. The molecule has 8 heterocycles. The molecule has 10 rings (SSSR count). The van der Waals surface area contributed by atoms with Crippen molar-refractivity contribution < 1.29 is 141 Å². The Balaban J connectivity index is -0.000000293. The average molecular weight is 1450 g/mol. The first-order valence-electron chi connectivity index (χ1n) is 22.0. The highest BCUT2D eigenvalue weighted by Crippen LogP contribution is 2.32. The lowest BCUT2D eigenvalue weighted by molar-refractivity contribution is 0.101. The van der Waals surface area contributed by atoms with Gasteiger partial charge in [0, 0.05) is 162 Å². The van der Waals surface area contributed by atoms with Gasteiger partial charge < -0.3 is 19.7 Å². The first kappa shape index (κ1) is 94.8. The summed E-state index contributed by atoms with van der Waals surface area (Å²) in [6, 6.07) is 22.0. The molecule has 2 aliphatic heterocycles. The fourth-order valence-electron chi connectivity index (χ4n) is 7.09. The standard InChI is InChI=1S/C21H20N6O4S.C20H19N7O4S.CH4.ClHN4.11F2.FH/c1-13-6-7-14(19-24-21(31-25-19)15-11-26(12-15)32(2,29)30)9-16(13)23-20(28)17-10-22-18-5-3-4-8-27(17)18;1-12-5-6-13(18-24-20(31-25-18)14-10-26(11-14)32(21,29)30)8-15(12)23-19(28)16-9-22-17-4-2-3-7-27(16)17;;1-3-5-4-2;11*1-2;/h3-10,15H,11-12H2,1-2H3,(H,23,28);2-9,14H,10-11H2,1H3,(H,23,28)(H2,21,29,30);1H4;2H;;;;;;;;;;;;1H. The molecule has 2 amide bonds. The van der Waals surface area contributed by atoms with Crippen molar-refractivity contribution in [1.82, 2.24) is 47.7 Å². The highest BCUT2D eigenvalue weighted by Gasteiger charge is 2.39. The van der Waals surface area contributed by atoms with Gasteiger partial charge in [-0.25, -0.2) is 27.8 Å². The molecule has 2 aliphatic rings. The van der Waals surface area contributed by atoms with Gasteiger partial charge in [-0.15, -0.1) is 0 Å². The van der Waals surface area contributed by atoms with Crippen LogP contribution in [0.1, 0.15) is 63.1 Å². The number of hydrogen-bond donors (Lipinski definition) is 4. The number of hydrogen-bond acceptors (Lipinski definition) is 16. The van der Waals surface area contributed by atoms with E-state index in [4.69, 9.17) is 120 Å². The van der Waals surface area contributed by atoms with Gasteiger partial charge in [0.1, 0.15) is 22.7 Å². The Kier molecular flexibility index (Phi) is 54.4. The van der Waals surface area contributed by atoms with E-state index in [0.29, 0.717) is 81.7 Å². The molecule has 0 unspecified atom stereocenters. The number of halogens is 24. The van der Waals surface area contributed by atoms with E-state index in [-0.39, 0.29) is 48.9 Å². The molecule has 51 heteroatoms. The van der Waals surface area contributed by atoms with Crippen LogP contribution < -0.4 is 15.8 Å². The summed E-state index contributed by atoms with van der Waals surface area (Å²) < 4.78 is 241. The van der Waals surface area contributed by atoms with E-state index in [2.05, 4.69) is 67.7 Å². The van der Waals surface area contributed by atoms with Crippen molar-refractivity contribution in [2.24, 2.45) is 20.2 Å². The van der Waals surface area contributed by atoms with Crippen LogP contribution in [0.2, 0.25) is 0 Å². The molecule has 2 saturated heterocycles. The maximum Gasteiger partial charge on any atom is 0.276 e. The minimum Gasteiger partial charge on any atom is -0.339 e. The molecule has 0 saturated carbocycles. The third-order valence-electron chi connectivity index (χ3n) is 11.0. The number of sulfonamides is 1. The Morgan fingerprint density at radius 2 is 0.914 bits per heavy atom. The molecule has 6 aromatic heterocycles. The quantitative estimate of drug-likeness (QED) is 0.0531. The minimum absolute atomic E-state index is 0. The monoisotopic (exact) mass is 1450 g/mol. The number of nitrogens with two attached hydrogens (primary N) is 1. The molecule has 8 aromatic rings. The minimum atomic E-state index is -3.71. The lowest BCUT2D eigenvalue weighted by Gasteiger charge is -2.34. The van der Waals surface area contributed by atoms with Gasteiger partial charge >= 0.3 is 0 Å². The van der Waals surface area contributed by atoms with Crippen molar-refractivity contribution in [3.63, 3.8) is 0 Å². The van der Waals surface area contributed by atoms with Gasteiger partial charge in [-0.2, -0.15) is 28.2 Å². The number of aryl methyl sites for hydroxylation is 2. The Labute approximate surface area is 510 Å². The number of carbonyl (C=O) groups is 2. The predicted octanol–water partition coefficient (Wildman–Crippen LogP) is 15.4. The third-order valence-corrected chi connectivity index (χ3v) is 13.3. The summed E-state index contributed by atoms with van der Waals surface area (Å²) in [5.74, 6) is 0.569. The zero-order valence-electron chi connectivity index (χ0n) is 45.3. The van der Waals surface area contributed by atoms with E-state index in [0.717, 1.165) is 15.4 Å². The van der Waals surface area contributed by atoms with Gasteiger partial charge in [0.15, 0.2) is 0 Å². The zero-order valence-corrected chi connectivity index (χ0v) is 47.7. The SMILES string of the molecule is C.Cc1ccc(-c2noc(C3CN(S(C)(=O)=O)C3)n2)cc1NC(=O)c1cnc2ccccn12.Cc1ccc(-c2noc(C3CN(S(N)(=O)=O)C3)n2)cc1NC(=O)c1cnc2ccccn12.F.FF.FF.FF.FF.FF.FF.FF.FF.FF.FF.FF.N=NN=NCl. The first-order valence-corrected chi connectivity index (χ1v) is 25.7. The van der Waals surface area contributed by atoms with Gasteiger partial charge in [0.05, 0.1) is 42.3 Å². The molecule has 0 spiro atoms. The fourth-order valence-corrected chi connectivity index (χ4v) is 8.80. The maximum absolute atomic E-state index is 12.9. The highest BCUT2D eigenvalue weighted by atomic mass is 35.5. The Morgan fingerprint density at radius 3 is 1.20 bits per heavy atom. The van der Waals surface area contributed by atoms with Crippen LogP contribution >= 0.6 is 11.8 Å². The van der Waals surface area contributed by atoms with Crippen molar-refractivity contribution in [1.29, 1.82) is 5.53 Å². The Hall–Kier alpha value is -9.30. The molecular formula is C42H45ClF23N17O8S2. The van der Waals surface area contributed by atoms with Crippen LogP contribution in [0, 0.1) is 19.4 Å². The molecule has 0 aliphatic carbocycles. The number of rotatable bonds is 11. The van der Waals surface area contributed by atoms with Crippen LogP contribution in [0.3, 0.4) is 0 Å². The van der Waals surface area contributed by atoms with E-state index in [1.165, 1.54) is 23.0 Å². The lowest BCUT2D eigenvalue weighted by atomic mass is 10.0. The van der Waals surface area contributed by atoms with Crippen LogP contribution in [-0.2, 0) is 20.2 Å². The highest BCUT2D eigenvalue weighted by molar-refractivity contribution is 7.88. The normalized spacial score (nSPS) is 11.6. The van der Waals surface area contributed by atoms with Crippen molar-refractivity contribution in [2.75, 3.05) is 43.1 Å². The second kappa shape index (κ2) is 53.4. The zero-order chi connectivity index (χ0) is 71.0.